The van der Waals surface area contributed by atoms with Gasteiger partial charge in [-0.1, -0.05) is 0 Å². The highest BCUT2D eigenvalue weighted by molar-refractivity contribution is 6.44. The first kappa shape index (κ1) is 16.9. The molecule has 124 valence electrons. The second-order valence-electron chi connectivity index (χ2n) is 4.80. The number of benzene rings is 1. The van der Waals surface area contributed by atoms with Gasteiger partial charge in [0.2, 0.25) is 0 Å². The lowest BCUT2D eigenvalue weighted by Gasteiger charge is -2.15. The third kappa shape index (κ3) is 3.84. The number of fused-ring (bicyclic) bond motifs is 1. The fraction of sp³-hybridized carbons (Fsp3) is 0.333. The minimum atomic E-state index is -2.91. The first-order valence-electron chi connectivity index (χ1n) is 6.78. The standard InChI is InChI=1S/C15H16F2N2O4/c1-19(5-6-23-15(16)17)14(21)13(20)11-8-18-12-4-3-9(22-2)7-10(11)12/h3-4,7-8,15,18H,5-6H2,1-2H3. The molecular formula is C15H16F2N2O4. The predicted octanol–water partition coefficient (Wildman–Crippen LogP) is 2.06. The molecule has 23 heavy (non-hydrogen) atoms. The fourth-order valence-corrected chi connectivity index (χ4v) is 2.08. The number of aromatic nitrogens is 1. The summed E-state index contributed by atoms with van der Waals surface area (Å²) in [5, 5.41) is 0.555. The zero-order chi connectivity index (χ0) is 17.0. The summed E-state index contributed by atoms with van der Waals surface area (Å²) in [4.78, 5) is 28.4. The molecule has 2 rings (SSSR count). The average Bonchev–Trinajstić information content (AvgIpc) is 2.95. The van der Waals surface area contributed by atoms with Crippen LogP contribution in [0.5, 0.6) is 5.75 Å². The third-order valence-electron chi connectivity index (χ3n) is 3.35. The molecule has 0 saturated carbocycles. The van der Waals surface area contributed by atoms with Crippen LogP contribution < -0.4 is 4.74 Å². The van der Waals surface area contributed by atoms with Crippen molar-refractivity contribution in [3.05, 3.63) is 30.0 Å². The number of amides is 1. The highest BCUT2D eigenvalue weighted by Crippen LogP contribution is 2.24. The number of hydrogen-bond acceptors (Lipinski definition) is 4. The first-order valence-corrected chi connectivity index (χ1v) is 6.78. The number of ether oxygens (including phenoxy) is 2. The summed E-state index contributed by atoms with van der Waals surface area (Å²) in [5.41, 5.74) is 0.885. The number of alkyl halides is 2. The molecule has 0 bridgehead atoms. The van der Waals surface area contributed by atoms with E-state index in [4.69, 9.17) is 4.74 Å². The van der Waals surface area contributed by atoms with Crippen LogP contribution in [-0.4, -0.2) is 55.5 Å². The van der Waals surface area contributed by atoms with Crippen molar-refractivity contribution in [1.82, 2.24) is 9.88 Å². The maximum atomic E-state index is 12.3. The van der Waals surface area contributed by atoms with Gasteiger partial charge in [-0.25, -0.2) is 0 Å². The van der Waals surface area contributed by atoms with Gasteiger partial charge in [-0.15, -0.1) is 0 Å². The molecule has 0 saturated heterocycles. The molecule has 0 aliphatic carbocycles. The molecular weight excluding hydrogens is 310 g/mol. The second-order valence-corrected chi connectivity index (χ2v) is 4.80. The summed E-state index contributed by atoms with van der Waals surface area (Å²) in [5.74, 6) is -0.979. The van der Waals surface area contributed by atoms with E-state index in [1.807, 2.05) is 0 Å². The molecule has 0 radical (unpaired) electrons. The molecule has 0 fully saturated rings. The van der Waals surface area contributed by atoms with Gasteiger partial charge in [-0.2, -0.15) is 8.78 Å². The van der Waals surface area contributed by atoms with Gasteiger partial charge >= 0.3 is 6.61 Å². The second kappa shape index (κ2) is 7.19. The highest BCUT2D eigenvalue weighted by Gasteiger charge is 2.23. The molecule has 1 heterocycles. The molecule has 0 spiro atoms. The smallest absolute Gasteiger partial charge is 0.345 e. The lowest BCUT2D eigenvalue weighted by molar-refractivity contribution is -0.139. The van der Waals surface area contributed by atoms with Crippen LogP contribution in [-0.2, 0) is 9.53 Å². The van der Waals surface area contributed by atoms with Crippen molar-refractivity contribution in [1.29, 1.82) is 0 Å². The van der Waals surface area contributed by atoms with Crippen LogP contribution in [0.15, 0.2) is 24.4 Å². The van der Waals surface area contributed by atoms with Gasteiger partial charge < -0.3 is 19.4 Å². The van der Waals surface area contributed by atoms with E-state index in [1.165, 1.54) is 20.4 Å². The van der Waals surface area contributed by atoms with E-state index in [2.05, 4.69) is 9.72 Å². The summed E-state index contributed by atoms with van der Waals surface area (Å²) >= 11 is 0. The number of H-pyrrole nitrogens is 1. The van der Waals surface area contributed by atoms with Gasteiger partial charge in [-0.05, 0) is 18.2 Å². The Labute approximate surface area is 131 Å². The Balaban J connectivity index is 2.14. The van der Waals surface area contributed by atoms with Crippen LogP contribution in [0.25, 0.3) is 10.9 Å². The van der Waals surface area contributed by atoms with Crippen LogP contribution >= 0.6 is 0 Å². The molecule has 2 aromatic rings. The molecule has 0 atom stereocenters. The van der Waals surface area contributed by atoms with Crippen LogP contribution in [0.1, 0.15) is 10.4 Å². The largest absolute Gasteiger partial charge is 0.497 e. The predicted molar refractivity (Wildman–Crippen MR) is 78.8 cm³/mol. The number of nitrogens with one attached hydrogen (secondary N) is 1. The lowest BCUT2D eigenvalue weighted by atomic mass is 10.1. The van der Waals surface area contributed by atoms with Gasteiger partial charge in [0, 0.05) is 30.7 Å². The van der Waals surface area contributed by atoms with E-state index in [0.717, 1.165) is 4.90 Å². The molecule has 6 nitrogen and oxygen atoms in total. The van der Waals surface area contributed by atoms with Gasteiger partial charge in [0.05, 0.1) is 19.3 Å². The topological polar surface area (TPSA) is 71.6 Å². The van der Waals surface area contributed by atoms with Crippen LogP contribution in [0.4, 0.5) is 8.78 Å². The number of halogens is 2. The van der Waals surface area contributed by atoms with Crippen molar-refractivity contribution >= 4 is 22.6 Å². The highest BCUT2D eigenvalue weighted by atomic mass is 19.3. The van der Waals surface area contributed by atoms with Crippen molar-refractivity contribution in [2.45, 2.75) is 6.61 Å². The van der Waals surface area contributed by atoms with Crippen molar-refractivity contribution in [3.63, 3.8) is 0 Å². The van der Waals surface area contributed by atoms with E-state index < -0.39 is 18.3 Å². The molecule has 0 aliphatic rings. The first-order chi connectivity index (χ1) is 10.9. The number of methoxy groups -OCH3 is 1. The summed E-state index contributed by atoms with van der Waals surface area (Å²) < 4.78 is 33.0. The van der Waals surface area contributed by atoms with E-state index >= 15 is 0 Å². The van der Waals surface area contributed by atoms with Crippen LogP contribution in [0, 0.1) is 0 Å². The maximum Gasteiger partial charge on any atom is 0.345 e. The van der Waals surface area contributed by atoms with Crippen molar-refractivity contribution in [3.8, 4) is 5.75 Å². The van der Waals surface area contributed by atoms with Gasteiger partial charge in [-0.3, -0.25) is 9.59 Å². The number of aromatic amines is 1. The van der Waals surface area contributed by atoms with E-state index in [9.17, 15) is 18.4 Å². The van der Waals surface area contributed by atoms with Gasteiger partial charge in [0.1, 0.15) is 5.75 Å². The van der Waals surface area contributed by atoms with E-state index in [-0.39, 0.29) is 18.7 Å². The number of Topliss-reactive ketones (excluding diaryl/α,β-unsaturated/α-hetero) is 1. The van der Waals surface area contributed by atoms with Crippen LogP contribution in [0.3, 0.4) is 0 Å². The molecule has 1 N–H and O–H groups in total. The number of nitrogens with zero attached hydrogens (tertiary/aromatic N) is 1. The van der Waals surface area contributed by atoms with E-state index in [0.29, 0.717) is 16.7 Å². The Morgan fingerprint density at radius 1 is 1.35 bits per heavy atom. The minimum Gasteiger partial charge on any atom is -0.497 e. The van der Waals surface area contributed by atoms with E-state index in [1.54, 1.807) is 18.2 Å². The fourth-order valence-electron chi connectivity index (χ4n) is 2.08. The molecule has 1 amide bonds. The maximum absolute atomic E-state index is 12.3. The Morgan fingerprint density at radius 2 is 2.09 bits per heavy atom. The number of likely N-dealkylation sites (N-methyl/N-ethyl adjacent to an activating group) is 1. The van der Waals surface area contributed by atoms with Crippen molar-refractivity contribution in [2.24, 2.45) is 0 Å². The number of ketones is 1. The summed E-state index contributed by atoms with van der Waals surface area (Å²) in [6, 6.07) is 5.10. The molecule has 1 aromatic heterocycles. The minimum absolute atomic E-state index is 0.111. The quantitative estimate of drug-likeness (QED) is 0.624. The zero-order valence-corrected chi connectivity index (χ0v) is 12.6. The number of rotatable bonds is 7. The third-order valence-corrected chi connectivity index (χ3v) is 3.35. The Hall–Kier alpha value is -2.48. The monoisotopic (exact) mass is 326 g/mol. The van der Waals surface area contributed by atoms with Crippen molar-refractivity contribution < 1.29 is 27.8 Å². The average molecular weight is 326 g/mol. The van der Waals surface area contributed by atoms with Gasteiger partial charge in [0.25, 0.3) is 11.7 Å². The Kier molecular flexibility index (Phi) is 5.28. The number of hydrogen-bond donors (Lipinski definition) is 1. The Morgan fingerprint density at radius 3 is 2.74 bits per heavy atom. The van der Waals surface area contributed by atoms with Gasteiger partial charge in [0.15, 0.2) is 0 Å². The Bertz CT molecular complexity index is 715. The SMILES string of the molecule is COc1ccc2[nH]cc(C(=O)C(=O)N(C)CCOC(F)F)c2c1. The summed E-state index contributed by atoms with van der Waals surface area (Å²) in [6.45, 7) is -3.37. The lowest BCUT2D eigenvalue weighted by Crippen LogP contribution is -2.35. The summed E-state index contributed by atoms with van der Waals surface area (Å²) in [7, 11) is 2.85. The normalized spacial score (nSPS) is 11.0. The number of carbonyl (C=O) groups is 2. The molecule has 8 heteroatoms. The molecule has 0 aliphatic heterocycles. The zero-order valence-electron chi connectivity index (χ0n) is 12.6. The number of carbonyl (C=O) groups excluding carboxylic acids is 2. The molecule has 1 aromatic carbocycles. The summed E-state index contributed by atoms with van der Waals surface area (Å²) in [6.07, 6.45) is 1.44. The van der Waals surface area contributed by atoms with Crippen molar-refractivity contribution in [2.75, 3.05) is 27.3 Å². The molecule has 0 unspecified atom stereocenters. The van der Waals surface area contributed by atoms with Crippen LogP contribution in [0.2, 0.25) is 0 Å².